The summed E-state index contributed by atoms with van der Waals surface area (Å²) in [6.07, 6.45) is 1.94. The average Bonchev–Trinajstić information content (AvgIpc) is 2.66. The number of rotatable bonds is 3. The molecule has 4 nitrogen and oxygen atoms in total. The van der Waals surface area contributed by atoms with E-state index >= 15 is 0 Å². The highest BCUT2D eigenvalue weighted by Crippen LogP contribution is 2.37. The molecule has 0 aliphatic rings. The summed E-state index contributed by atoms with van der Waals surface area (Å²) in [7, 11) is 0. The molecule has 2 heterocycles. The minimum Gasteiger partial charge on any atom is -0.494 e. The Bertz CT molecular complexity index is 1230. The molecule has 0 saturated heterocycles. The van der Waals surface area contributed by atoms with Gasteiger partial charge >= 0.3 is 0 Å². The number of nitrogens with zero attached hydrogens (tertiary/aromatic N) is 3. The Morgan fingerprint density at radius 2 is 1.58 bits per heavy atom. The molecule has 126 valence electrons. The van der Waals surface area contributed by atoms with Crippen LogP contribution in [0.15, 0.2) is 54.7 Å². The highest BCUT2D eigenvalue weighted by molar-refractivity contribution is 6.23. The van der Waals surface area contributed by atoms with Crippen LogP contribution in [-0.2, 0) is 0 Å². The van der Waals surface area contributed by atoms with Gasteiger partial charge in [-0.05, 0) is 56.3 Å². The first-order valence-electron chi connectivity index (χ1n) is 8.76. The molecule has 0 spiro atoms. The van der Waals surface area contributed by atoms with Crippen molar-refractivity contribution in [2.45, 2.75) is 13.8 Å². The fourth-order valence-electron chi connectivity index (χ4n) is 3.66. The van der Waals surface area contributed by atoms with Crippen molar-refractivity contribution in [3.05, 3.63) is 60.6 Å². The first-order valence-corrected chi connectivity index (χ1v) is 8.76. The lowest BCUT2D eigenvalue weighted by atomic mass is 9.96. The molecule has 0 aliphatic carbocycles. The van der Waals surface area contributed by atoms with Crippen LogP contribution in [0.2, 0.25) is 0 Å². The fourth-order valence-corrected chi connectivity index (χ4v) is 3.66. The maximum Gasteiger partial charge on any atom is 0.126 e. The van der Waals surface area contributed by atoms with E-state index in [1.54, 1.807) is 0 Å². The van der Waals surface area contributed by atoms with E-state index in [2.05, 4.69) is 46.4 Å². The van der Waals surface area contributed by atoms with Crippen LogP contribution in [0.1, 0.15) is 12.7 Å². The number of aryl methyl sites for hydroxylation is 1. The van der Waals surface area contributed by atoms with Gasteiger partial charge in [-0.1, -0.05) is 6.07 Å². The molecule has 0 N–H and O–H groups in total. The average molecular weight is 339 g/mol. The third-order valence-electron chi connectivity index (χ3n) is 4.74. The lowest BCUT2D eigenvalue weighted by Gasteiger charge is -2.13. The number of hydrogen-bond acceptors (Lipinski definition) is 4. The molecule has 0 unspecified atom stereocenters. The largest absolute Gasteiger partial charge is 0.494 e. The summed E-state index contributed by atoms with van der Waals surface area (Å²) in [4.78, 5) is 14.0. The molecule has 0 amide bonds. The SMILES string of the molecule is CCOc1ccc(-c2ncc3ccc4nc(C)nc5ccc2c3c45)cc1. The summed E-state index contributed by atoms with van der Waals surface area (Å²) in [5, 5.41) is 4.52. The minimum absolute atomic E-state index is 0.662. The summed E-state index contributed by atoms with van der Waals surface area (Å²) in [5.74, 6) is 1.67. The van der Waals surface area contributed by atoms with Crippen molar-refractivity contribution in [3.63, 3.8) is 0 Å². The molecule has 0 atom stereocenters. The Morgan fingerprint density at radius 1 is 0.846 bits per heavy atom. The molecule has 2 aromatic heterocycles. The van der Waals surface area contributed by atoms with E-state index in [9.17, 15) is 0 Å². The van der Waals surface area contributed by atoms with Crippen molar-refractivity contribution in [2.75, 3.05) is 6.61 Å². The van der Waals surface area contributed by atoms with Crippen molar-refractivity contribution in [2.24, 2.45) is 0 Å². The minimum atomic E-state index is 0.662. The van der Waals surface area contributed by atoms with Crippen molar-refractivity contribution in [1.29, 1.82) is 0 Å². The molecule has 0 saturated carbocycles. The number of ether oxygens (including phenoxy) is 1. The van der Waals surface area contributed by atoms with Crippen molar-refractivity contribution < 1.29 is 4.74 Å². The topological polar surface area (TPSA) is 47.9 Å². The standard InChI is InChI=1S/C22H17N3O/c1-3-26-16-7-4-14(5-8-16)22-17-9-11-19-21-18(24-13(2)25-19)10-6-15(12-23-22)20(17)21/h4-12H,3H2,1-2H3. The van der Waals surface area contributed by atoms with Crippen LogP contribution < -0.4 is 4.74 Å². The van der Waals surface area contributed by atoms with E-state index < -0.39 is 0 Å². The first kappa shape index (κ1) is 15.0. The molecule has 3 aromatic carbocycles. The fraction of sp³-hybridized carbons (Fsp3) is 0.136. The highest BCUT2D eigenvalue weighted by atomic mass is 16.5. The van der Waals surface area contributed by atoms with E-state index in [1.165, 1.54) is 5.39 Å². The van der Waals surface area contributed by atoms with Crippen molar-refractivity contribution in [3.8, 4) is 17.0 Å². The Kier molecular flexibility index (Phi) is 3.25. The molecule has 5 aromatic rings. The van der Waals surface area contributed by atoms with Gasteiger partial charge in [0.15, 0.2) is 0 Å². The molecule has 5 rings (SSSR count). The van der Waals surface area contributed by atoms with E-state index in [-0.39, 0.29) is 0 Å². The quantitative estimate of drug-likeness (QED) is 0.427. The second-order valence-electron chi connectivity index (χ2n) is 6.39. The van der Waals surface area contributed by atoms with Gasteiger partial charge in [0, 0.05) is 33.3 Å². The maximum atomic E-state index is 5.55. The summed E-state index contributed by atoms with van der Waals surface area (Å²) >= 11 is 0. The molecule has 0 radical (unpaired) electrons. The first-order chi connectivity index (χ1) is 12.7. The molecule has 0 bridgehead atoms. The van der Waals surface area contributed by atoms with Gasteiger partial charge in [-0.25, -0.2) is 9.97 Å². The normalized spacial score (nSPS) is 11.6. The van der Waals surface area contributed by atoms with Crippen LogP contribution in [-0.4, -0.2) is 21.6 Å². The monoisotopic (exact) mass is 339 g/mol. The number of pyridine rings is 1. The Morgan fingerprint density at radius 3 is 2.31 bits per heavy atom. The smallest absolute Gasteiger partial charge is 0.126 e. The number of aromatic nitrogens is 3. The highest BCUT2D eigenvalue weighted by Gasteiger charge is 2.14. The summed E-state index contributed by atoms with van der Waals surface area (Å²) < 4.78 is 5.55. The predicted molar refractivity (Wildman–Crippen MR) is 105 cm³/mol. The molecule has 26 heavy (non-hydrogen) atoms. The Balaban J connectivity index is 1.81. The van der Waals surface area contributed by atoms with Gasteiger partial charge < -0.3 is 4.74 Å². The van der Waals surface area contributed by atoms with Crippen molar-refractivity contribution >= 4 is 32.6 Å². The zero-order valence-corrected chi connectivity index (χ0v) is 14.7. The summed E-state index contributed by atoms with van der Waals surface area (Å²) in [6.45, 7) is 4.58. The molecular weight excluding hydrogens is 322 g/mol. The van der Waals surface area contributed by atoms with Crippen LogP contribution in [0.25, 0.3) is 43.8 Å². The van der Waals surface area contributed by atoms with E-state index in [1.807, 2.05) is 32.2 Å². The maximum absolute atomic E-state index is 5.55. The van der Waals surface area contributed by atoms with Gasteiger partial charge in [0.05, 0.1) is 23.3 Å². The Hall–Kier alpha value is -3.27. The second-order valence-corrected chi connectivity index (χ2v) is 6.39. The third kappa shape index (κ3) is 2.19. The van der Waals surface area contributed by atoms with Crippen LogP contribution in [0, 0.1) is 6.92 Å². The van der Waals surface area contributed by atoms with E-state index in [0.717, 1.165) is 50.0 Å². The van der Waals surface area contributed by atoms with E-state index in [0.29, 0.717) is 6.61 Å². The predicted octanol–water partition coefficient (Wildman–Crippen LogP) is 5.14. The van der Waals surface area contributed by atoms with Crippen LogP contribution >= 0.6 is 0 Å². The number of benzene rings is 3. The molecule has 4 heteroatoms. The Labute approximate surface area is 150 Å². The third-order valence-corrected chi connectivity index (χ3v) is 4.74. The van der Waals surface area contributed by atoms with Gasteiger partial charge in [0.1, 0.15) is 11.6 Å². The van der Waals surface area contributed by atoms with Crippen LogP contribution in [0.3, 0.4) is 0 Å². The lowest BCUT2D eigenvalue weighted by Crippen LogP contribution is -1.95. The summed E-state index contributed by atoms with van der Waals surface area (Å²) in [6, 6.07) is 16.4. The van der Waals surface area contributed by atoms with Crippen LogP contribution in [0.5, 0.6) is 5.75 Å². The molecular formula is C22H17N3O. The van der Waals surface area contributed by atoms with Gasteiger partial charge in [-0.3, -0.25) is 4.98 Å². The molecule has 0 aliphatic heterocycles. The van der Waals surface area contributed by atoms with Gasteiger partial charge in [-0.2, -0.15) is 0 Å². The number of hydrogen-bond donors (Lipinski definition) is 0. The summed E-state index contributed by atoms with van der Waals surface area (Å²) in [5.41, 5.74) is 4.00. The molecule has 0 fully saturated rings. The van der Waals surface area contributed by atoms with Crippen LogP contribution in [0.4, 0.5) is 0 Å². The van der Waals surface area contributed by atoms with Crippen molar-refractivity contribution in [1.82, 2.24) is 15.0 Å². The van der Waals surface area contributed by atoms with E-state index in [4.69, 9.17) is 9.72 Å². The second kappa shape index (κ2) is 5.63. The van der Waals surface area contributed by atoms with Gasteiger partial charge in [-0.15, -0.1) is 0 Å². The zero-order valence-electron chi connectivity index (χ0n) is 14.7. The lowest BCUT2D eigenvalue weighted by molar-refractivity contribution is 0.340. The van der Waals surface area contributed by atoms with Gasteiger partial charge in [0.25, 0.3) is 0 Å². The van der Waals surface area contributed by atoms with Gasteiger partial charge in [0.2, 0.25) is 0 Å². The zero-order chi connectivity index (χ0) is 17.7.